The van der Waals surface area contributed by atoms with Gasteiger partial charge in [-0.2, -0.15) is 0 Å². The Balaban J connectivity index is 1.98. The first-order chi connectivity index (χ1) is 11.1. The number of primary amides is 1. The number of nitrogens with zero attached hydrogens (tertiary/aromatic N) is 2. The molecule has 23 heavy (non-hydrogen) atoms. The zero-order valence-corrected chi connectivity index (χ0v) is 12.3. The van der Waals surface area contributed by atoms with Gasteiger partial charge < -0.3 is 15.4 Å². The summed E-state index contributed by atoms with van der Waals surface area (Å²) in [6.45, 7) is 0.511. The van der Waals surface area contributed by atoms with E-state index in [1.807, 2.05) is 30.3 Å². The second-order valence-electron chi connectivity index (χ2n) is 5.20. The van der Waals surface area contributed by atoms with E-state index in [1.54, 1.807) is 16.8 Å². The number of carbonyl (C=O) groups excluding carboxylic acids is 1. The van der Waals surface area contributed by atoms with Crippen molar-refractivity contribution >= 4 is 16.7 Å². The summed E-state index contributed by atoms with van der Waals surface area (Å²) in [4.78, 5) is 27.5. The zero-order valence-electron chi connectivity index (χ0n) is 12.3. The second kappa shape index (κ2) is 5.92. The summed E-state index contributed by atoms with van der Waals surface area (Å²) in [6, 6.07) is 11.4. The van der Waals surface area contributed by atoms with Crippen LogP contribution in [0.2, 0.25) is 0 Å². The fourth-order valence-electron chi connectivity index (χ4n) is 2.49. The maximum absolute atomic E-state index is 12.5. The monoisotopic (exact) mass is 309 g/mol. The highest BCUT2D eigenvalue weighted by Gasteiger charge is 2.15. The summed E-state index contributed by atoms with van der Waals surface area (Å²) < 4.78 is 1.56. The summed E-state index contributed by atoms with van der Waals surface area (Å²) >= 11 is 0. The SMILES string of the molecule is NC(=O)c1ncc2c(=O)n(CCc3ccccc3)ccc2c1O. The van der Waals surface area contributed by atoms with Gasteiger partial charge in [0.2, 0.25) is 0 Å². The van der Waals surface area contributed by atoms with E-state index in [0.29, 0.717) is 13.0 Å². The molecule has 0 fully saturated rings. The van der Waals surface area contributed by atoms with Crippen molar-refractivity contribution in [2.75, 3.05) is 0 Å². The third-order valence-corrected chi connectivity index (χ3v) is 3.72. The van der Waals surface area contributed by atoms with E-state index < -0.39 is 5.91 Å². The minimum Gasteiger partial charge on any atom is -0.505 e. The molecular formula is C17H15N3O3. The van der Waals surface area contributed by atoms with E-state index in [1.165, 1.54) is 6.20 Å². The molecule has 3 N–H and O–H groups in total. The van der Waals surface area contributed by atoms with Crippen LogP contribution in [-0.4, -0.2) is 20.6 Å². The number of hydrogen-bond donors (Lipinski definition) is 2. The lowest BCUT2D eigenvalue weighted by atomic mass is 10.1. The number of rotatable bonds is 4. The van der Waals surface area contributed by atoms with Gasteiger partial charge in [0.05, 0.1) is 5.39 Å². The normalized spacial score (nSPS) is 10.8. The highest BCUT2D eigenvalue weighted by atomic mass is 16.3. The Labute approximate surface area is 131 Å². The van der Waals surface area contributed by atoms with Crippen LogP contribution >= 0.6 is 0 Å². The van der Waals surface area contributed by atoms with Crippen LogP contribution in [0.25, 0.3) is 10.8 Å². The largest absolute Gasteiger partial charge is 0.505 e. The van der Waals surface area contributed by atoms with Gasteiger partial charge in [0.1, 0.15) is 0 Å². The summed E-state index contributed by atoms with van der Waals surface area (Å²) in [7, 11) is 0. The van der Waals surface area contributed by atoms with Crippen molar-refractivity contribution in [2.45, 2.75) is 13.0 Å². The van der Waals surface area contributed by atoms with Gasteiger partial charge >= 0.3 is 0 Å². The van der Waals surface area contributed by atoms with Crippen molar-refractivity contribution < 1.29 is 9.90 Å². The molecule has 0 radical (unpaired) electrons. The number of hydrogen-bond acceptors (Lipinski definition) is 4. The van der Waals surface area contributed by atoms with Crippen molar-refractivity contribution in [3.63, 3.8) is 0 Å². The lowest BCUT2D eigenvalue weighted by Gasteiger charge is -2.09. The fraction of sp³-hybridized carbons (Fsp3) is 0.118. The Morgan fingerprint density at radius 3 is 2.61 bits per heavy atom. The maximum atomic E-state index is 12.5. The van der Waals surface area contributed by atoms with Gasteiger partial charge in [0.15, 0.2) is 11.4 Å². The van der Waals surface area contributed by atoms with Crippen molar-refractivity contribution in [1.29, 1.82) is 0 Å². The molecule has 0 aliphatic heterocycles. The van der Waals surface area contributed by atoms with Crippen LogP contribution in [-0.2, 0) is 13.0 Å². The summed E-state index contributed by atoms with van der Waals surface area (Å²) in [5, 5.41) is 10.6. The Morgan fingerprint density at radius 2 is 1.91 bits per heavy atom. The van der Waals surface area contributed by atoms with Gasteiger partial charge in [-0.05, 0) is 18.1 Å². The smallest absolute Gasteiger partial charge is 0.271 e. The number of pyridine rings is 2. The number of aromatic hydroxyl groups is 1. The van der Waals surface area contributed by atoms with Gasteiger partial charge in [0.25, 0.3) is 11.5 Å². The van der Waals surface area contributed by atoms with Crippen molar-refractivity contribution in [1.82, 2.24) is 9.55 Å². The van der Waals surface area contributed by atoms with Crippen LogP contribution in [0.3, 0.4) is 0 Å². The molecule has 2 heterocycles. The van der Waals surface area contributed by atoms with Crippen LogP contribution in [0.15, 0.2) is 53.6 Å². The lowest BCUT2D eigenvalue weighted by molar-refractivity contribution is 0.0993. The Hall–Kier alpha value is -3.15. The van der Waals surface area contributed by atoms with Crippen molar-refractivity contribution in [3.8, 4) is 5.75 Å². The Bertz CT molecular complexity index is 933. The topological polar surface area (TPSA) is 98.2 Å². The molecule has 1 aromatic carbocycles. The molecule has 6 nitrogen and oxygen atoms in total. The first-order valence-electron chi connectivity index (χ1n) is 7.13. The minimum atomic E-state index is -0.836. The molecule has 1 amide bonds. The number of nitrogens with two attached hydrogens (primary N) is 1. The number of aromatic nitrogens is 2. The molecule has 0 spiro atoms. The molecular weight excluding hydrogens is 294 g/mol. The molecule has 6 heteroatoms. The molecule has 0 saturated heterocycles. The van der Waals surface area contributed by atoms with E-state index in [-0.39, 0.29) is 27.8 Å². The highest BCUT2D eigenvalue weighted by Crippen LogP contribution is 2.24. The molecule has 3 aromatic rings. The molecule has 0 aliphatic rings. The second-order valence-corrected chi connectivity index (χ2v) is 5.20. The van der Waals surface area contributed by atoms with Crippen LogP contribution in [0.5, 0.6) is 5.75 Å². The van der Waals surface area contributed by atoms with Crippen molar-refractivity contribution in [3.05, 3.63) is 70.4 Å². The van der Waals surface area contributed by atoms with Crippen molar-refractivity contribution in [2.24, 2.45) is 5.73 Å². The molecule has 0 aliphatic carbocycles. The van der Waals surface area contributed by atoms with Crippen LogP contribution in [0.4, 0.5) is 0 Å². The quantitative estimate of drug-likeness (QED) is 0.762. The number of benzene rings is 1. The third-order valence-electron chi connectivity index (χ3n) is 3.72. The molecule has 3 rings (SSSR count). The first kappa shape index (κ1) is 14.8. The van der Waals surface area contributed by atoms with E-state index in [4.69, 9.17) is 5.73 Å². The standard InChI is InChI=1S/C17H15N3O3/c18-16(22)14-15(21)12-7-9-20(17(23)13(12)10-19-14)8-6-11-4-2-1-3-5-11/h1-5,7,9-10,21H,6,8H2,(H2,18,22). The zero-order chi connectivity index (χ0) is 16.4. The molecule has 0 saturated carbocycles. The highest BCUT2D eigenvalue weighted by molar-refractivity contribution is 6.00. The van der Waals surface area contributed by atoms with Gasteiger partial charge in [-0.3, -0.25) is 9.59 Å². The summed E-state index contributed by atoms with van der Waals surface area (Å²) in [5.74, 6) is -1.19. The van der Waals surface area contributed by atoms with Crippen LogP contribution in [0.1, 0.15) is 16.1 Å². The maximum Gasteiger partial charge on any atom is 0.271 e. The van der Waals surface area contributed by atoms with E-state index >= 15 is 0 Å². The van der Waals surface area contributed by atoms with Crippen LogP contribution in [0, 0.1) is 0 Å². The third kappa shape index (κ3) is 2.78. The van der Waals surface area contributed by atoms with Gasteiger partial charge in [-0.25, -0.2) is 4.98 Å². The van der Waals surface area contributed by atoms with Gasteiger partial charge in [-0.15, -0.1) is 0 Å². The van der Waals surface area contributed by atoms with E-state index in [0.717, 1.165) is 5.56 Å². The number of fused-ring (bicyclic) bond motifs is 1. The van der Waals surface area contributed by atoms with E-state index in [9.17, 15) is 14.7 Å². The minimum absolute atomic E-state index is 0.237. The molecule has 2 aromatic heterocycles. The van der Waals surface area contributed by atoms with Gasteiger partial charge in [-0.1, -0.05) is 30.3 Å². The van der Waals surface area contributed by atoms with E-state index in [2.05, 4.69) is 4.98 Å². The lowest BCUT2D eigenvalue weighted by Crippen LogP contribution is -2.21. The fourth-order valence-corrected chi connectivity index (χ4v) is 2.49. The predicted octanol–water partition coefficient (Wildman–Crippen LogP) is 1.44. The Morgan fingerprint density at radius 1 is 1.17 bits per heavy atom. The number of aryl methyl sites for hydroxylation is 2. The number of carbonyl (C=O) groups is 1. The molecule has 0 unspecified atom stereocenters. The van der Waals surface area contributed by atoms with Gasteiger partial charge in [0, 0.05) is 24.3 Å². The average Bonchev–Trinajstić information content (AvgIpc) is 2.55. The number of amides is 1. The average molecular weight is 309 g/mol. The molecule has 0 atom stereocenters. The molecule has 0 bridgehead atoms. The summed E-state index contributed by atoms with van der Waals surface area (Å²) in [5.41, 5.74) is 5.77. The Kier molecular flexibility index (Phi) is 3.80. The molecule has 116 valence electrons. The first-order valence-corrected chi connectivity index (χ1v) is 7.13. The predicted molar refractivity (Wildman–Crippen MR) is 86.3 cm³/mol. The van der Waals surface area contributed by atoms with Crippen LogP contribution < -0.4 is 11.3 Å². The summed E-state index contributed by atoms with van der Waals surface area (Å²) in [6.07, 6.45) is 3.58.